The third kappa shape index (κ3) is 3.54. The van der Waals surface area contributed by atoms with Gasteiger partial charge in [-0.15, -0.1) is 0 Å². The van der Waals surface area contributed by atoms with E-state index < -0.39 is 10.8 Å². The molecule has 1 aliphatic heterocycles. The Morgan fingerprint density at radius 2 is 1.86 bits per heavy atom. The molecule has 4 rings (SSSR count). The van der Waals surface area contributed by atoms with E-state index in [2.05, 4.69) is 0 Å². The van der Waals surface area contributed by atoms with Crippen LogP contribution in [0.5, 0.6) is 0 Å². The summed E-state index contributed by atoms with van der Waals surface area (Å²) in [6, 6.07) is 10.9. The topological polar surface area (TPSA) is 80.5 Å². The van der Waals surface area contributed by atoms with Crippen molar-refractivity contribution in [2.45, 2.75) is 31.6 Å². The molecule has 1 aliphatic carbocycles. The number of carbonyl (C=O) groups is 2. The number of nitrogens with zero attached hydrogens (tertiary/aromatic N) is 2. The summed E-state index contributed by atoms with van der Waals surface area (Å²) in [4.78, 5) is 38.1. The molecule has 8 heteroatoms. The number of nitro benzene ring substituents is 1. The first-order valence-electron chi connectivity index (χ1n) is 9.15. The Bertz CT molecular complexity index is 1080. The van der Waals surface area contributed by atoms with E-state index >= 15 is 0 Å². The molecule has 1 atom stereocenters. The number of non-ortho nitro benzene ring substituents is 1. The molecule has 0 N–H and O–H groups in total. The maximum atomic E-state index is 13.1. The van der Waals surface area contributed by atoms with Gasteiger partial charge in [-0.05, 0) is 36.6 Å². The number of halogens is 2. The van der Waals surface area contributed by atoms with Crippen molar-refractivity contribution in [2.24, 2.45) is 0 Å². The molecule has 2 aromatic carbocycles. The second-order valence-electron chi connectivity index (χ2n) is 7.07. The first kappa shape index (κ1) is 19.6. The number of benzene rings is 2. The first-order chi connectivity index (χ1) is 13.9. The van der Waals surface area contributed by atoms with E-state index in [9.17, 15) is 19.7 Å². The predicted molar refractivity (Wildman–Crippen MR) is 110 cm³/mol. The quantitative estimate of drug-likeness (QED) is 0.480. The van der Waals surface area contributed by atoms with Crippen LogP contribution < -0.4 is 4.90 Å². The second kappa shape index (κ2) is 7.61. The van der Waals surface area contributed by atoms with Crippen LogP contribution in [0.25, 0.3) is 0 Å². The minimum Gasteiger partial charge on any atom is -0.294 e. The summed E-state index contributed by atoms with van der Waals surface area (Å²) in [6.07, 6.45) is 1.61. The van der Waals surface area contributed by atoms with Crippen molar-refractivity contribution in [1.29, 1.82) is 0 Å². The maximum Gasteiger partial charge on any atom is 0.271 e. The fourth-order valence-electron chi connectivity index (χ4n) is 4.09. The molecule has 0 fully saturated rings. The van der Waals surface area contributed by atoms with E-state index in [0.29, 0.717) is 51.8 Å². The number of carbonyl (C=O) groups excluding carboxylic acids is 2. The van der Waals surface area contributed by atoms with Crippen molar-refractivity contribution in [3.63, 3.8) is 0 Å². The van der Waals surface area contributed by atoms with Gasteiger partial charge in [-0.3, -0.25) is 24.6 Å². The number of anilines is 1. The minimum atomic E-state index is -0.504. The fourth-order valence-corrected chi connectivity index (χ4v) is 4.63. The summed E-state index contributed by atoms with van der Waals surface area (Å²) in [5.41, 5.74) is 2.14. The SMILES string of the molecule is O=C1CCCC2=C1C(c1ccc(Cl)cc1Cl)CC(=O)N2c1cccc([N+](=O)[O-])c1. The fraction of sp³-hybridized carbons (Fsp3) is 0.238. The lowest BCUT2D eigenvalue weighted by Crippen LogP contribution is -2.40. The van der Waals surface area contributed by atoms with Gasteiger partial charge in [0, 0.05) is 52.2 Å². The lowest BCUT2D eigenvalue weighted by atomic mass is 9.77. The summed E-state index contributed by atoms with van der Waals surface area (Å²) >= 11 is 12.4. The van der Waals surface area contributed by atoms with Crippen molar-refractivity contribution in [2.75, 3.05) is 4.90 Å². The van der Waals surface area contributed by atoms with Gasteiger partial charge in [-0.1, -0.05) is 35.3 Å². The molecule has 148 valence electrons. The second-order valence-corrected chi connectivity index (χ2v) is 7.91. The van der Waals surface area contributed by atoms with Gasteiger partial charge in [-0.2, -0.15) is 0 Å². The van der Waals surface area contributed by atoms with Crippen molar-refractivity contribution in [3.8, 4) is 0 Å². The zero-order chi connectivity index (χ0) is 20.7. The van der Waals surface area contributed by atoms with Gasteiger partial charge in [0.05, 0.1) is 10.6 Å². The zero-order valence-corrected chi connectivity index (χ0v) is 16.7. The summed E-state index contributed by atoms with van der Waals surface area (Å²) in [5.74, 6) is -0.704. The smallest absolute Gasteiger partial charge is 0.271 e. The third-order valence-electron chi connectivity index (χ3n) is 5.31. The predicted octanol–water partition coefficient (Wildman–Crippen LogP) is 5.43. The van der Waals surface area contributed by atoms with Crippen molar-refractivity contribution < 1.29 is 14.5 Å². The Labute approximate surface area is 176 Å². The monoisotopic (exact) mass is 430 g/mol. The summed E-state index contributed by atoms with van der Waals surface area (Å²) in [7, 11) is 0. The number of Topliss-reactive ketones (excluding diaryl/α,β-unsaturated/α-hetero) is 1. The highest BCUT2D eigenvalue weighted by molar-refractivity contribution is 6.35. The highest BCUT2D eigenvalue weighted by Crippen LogP contribution is 2.45. The summed E-state index contributed by atoms with van der Waals surface area (Å²) in [6.45, 7) is 0. The Morgan fingerprint density at radius 1 is 1.07 bits per heavy atom. The molecule has 0 radical (unpaired) electrons. The van der Waals surface area contributed by atoms with E-state index in [-0.39, 0.29) is 23.8 Å². The number of hydrogen-bond acceptors (Lipinski definition) is 4. The molecule has 6 nitrogen and oxygen atoms in total. The van der Waals surface area contributed by atoms with Crippen LogP contribution in [-0.2, 0) is 9.59 Å². The standard InChI is InChI=1S/C21H16Cl2N2O4/c22-12-7-8-15(17(23)9-12)16-11-20(27)24(18-5-2-6-19(26)21(16)18)13-3-1-4-14(10-13)25(28)29/h1,3-4,7-10,16H,2,5-6,11H2. The molecule has 0 bridgehead atoms. The van der Waals surface area contributed by atoms with Crippen LogP contribution >= 0.6 is 23.2 Å². The number of amides is 1. The van der Waals surface area contributed by atoms with E-state index in [1.807, 2.05) is 0 Å². The van der Waals surface area contributed by atoms with Crippen LogP contribution in [0.3, 0.4) is 0 Å². The molecule has 29 heavy (non-hydrogen) atoms. The summed E-state index contributed by atoms with van der Waals surface area (Å²) < 4.78 is 0. The highest BCUT2D eigenvalue weighted by atomic mass is 35.5. The average molecular weight is 431 g/mol. The summed E-state index contributed by atoms with van der Waals surface area (Å²) in [5, 5.41) is 12.0. The molecular weight excluding hydrogens is 415 g/mol. The Hall–Kier alpha value is -2.70. The average Bonchev–Trinajstić information content (AvgIpc) is 2.67. The molecule has 1 amide bonds. The van der Waals surface area contributed by atoms with Gasteiger partial charge in [0.15, 0.2) is 5.78 Å². The third-order valence-corrected chi connectivity index (χ3v) is 5.87. The molecule has 0 aromatic heterocycles. The van der Waals surface area contributed by atoms with Crippen molar-refractivity contribution in [1.82, 2.24) is 0 Å². The minimum absolute atomic E-state index is 0.0230. The van der Waals surface area contributed by atoms with Crippen molar-refractivity contribution in [3.05, 3.63) is 79.5 Å². The molecule has 0 saturated carbocycles. The highest BCUT2D eigenvalue weighted by Gasteiger charge is 2.40. The number of rotatable bonds is 3. The van der Waals surface area contributed by atoms with Gasteiger partial charge in [0.25, 0.3) is 5.69 Å². The van der Waals surface area contributed by atoms with Crippen LogP contribution in [-0.4, -0.2) is 16.6 Å². The van der Waals surface area contributed by atoms with Gasteiger partial charge in [0.2, 0.25) is 5.91 Å². The number of allylic oxidation sites excluding steroid dienone is 2. The largest absolute Gasteiger partial charge is 0.294 e. The van der Waals surface area contributed by atoms with Crippen LogP contribution in [0.2, 0.25) is 10.0 Å². The molecule has 2 aliphatic rings. The molecular formula is C21H16Cl2N2O4. The molecule has 0 spiro atoms. The Balaban J connectivity index is 1.87. The molecule has 0 saturated heterocycles. The lowest BCUT2D eigenvalue weighted by molar-refractivity contribution is -0.384. The lowest BCUT2D eigenvalue weighted by Gasteiger charge is -2.38. The van der Waals surface area contributed by atoms with E-state index in [4.69, 9.17) is 23.2 Å². The zero-order valence-electron chi connectivity index (χ0n) is 15.2. The number of hydrogen-bond donors (Lipinski definition) is 0. The number of nitro groups is 1. The van der Waals surface area contributed by atoms with E-state index in [0.717, 1.165) is 0 Å². The Kier molecular flexibility index (Phi) is 5.15. The van der Waals surface area contributed by atoms with Crippen LogP contribution in [0.4, 0.5) is 11.4 Å². The van der Waals surface area contributed by atoms with Gasteiger partial charge in [-0.25, -0.2) is 0 Å². The molecule has 1 heterocycles. The first-order valence-corrected chi connectivity index (χ1v) is 9.91. The Morgan fingerprint density at radius 3 is 2.59 bits per heavy atom. The van der Waals surface area contributed by atoms with Gasteiger partial charge >= 0.3 is 0 Å². The molecule has 1 unspecified atom stereocenters. The van der Waals surface area contributed by atoms with Crippen LogP contribution in [0.1, 0.15) is 37.2 Å². The number of ketones is 1. The van der Waals surface area contributed by atoms with Gasteiger partial charge < -0.3 is 0 Å². The van der Waals surface area contributed by atoms with Crippen LogP contribution in [0, 0.1) is 10.1 Å². The van der Waals surface area contributed by atoms with Crippen LogP contribution in [0.15, 0.2) is 53.7 Å². The molecule has 2 aromatic rings. The maximum absolute atomic E-state index is 13.1. The van der Waals surface area contributed by atoms with Crippen molar-refractivity contribution >= 4 is 46.3 Å². The van der Waals surface area contributed by atoms with Gasteiger partial charge in [0.1, 0.15) is 0 Å². The van der Waals surface area contributed by atoms with E-state index in [1.54, 1.807) is 24.3 Å². The van der Waals surface area contributed by atoms with E-state index in [1.165, 1.54) is 23.1 Å². The normalized spacial score (nSPS) is 19.4.